The van der Waals surface area contributed by atoms with E-state index >= 15 is 0 Å². The molecule has 2 aromatic rings. The molecule has 82 valence electrons. The van der Waals surface area contributed by atoms with Gasteiger partial charge in [0.2, 0.25) is 11.6 Å². The van der Waals surface area contributed by atoms with Crippen molar-refractivity contribution in [3.63, 3.8) is 0 Å². The van der Waals surface area contributed by atoms with Crippen LogP contribution < -0.4 is 0 Å². The summed E-state index contributed by atoms with van der Waals surface area (Å²) in [6, 6.07) is 9.55. The van der Waals surface area contributed by atoms with Gasteiger partial charge in [0.1, 0.15) is 0 Å². The van der Waals surface area contributed by atoms with E-state index in [9.17, 15) is 9.59 Å². The largest absolute Gasteiger partial charge is 0.360 e. The van der Waals surface area contributed by atoms with Gasteiger partial charge in [-0.05, 0) is 17.7 Å². The SMILES string of the molecule is O=C1C=Cc2[nH]cc(-c3ccccc3)c2C1=O. The van der Waals surface area contributed by atoms with Crippen LogP contribution in [0.4, 0.5) is 0 Å². The first-order chi connectivity index (χ1) is 8.27. The van der Waals surface area contributed by atoms with Crippen LogP contribution in [0.2, 0.25) is 0 Å². The average molecular weight is 223 g/mol. The number of H-pyrrole nitrogens is 1. The minimum atomic E-state index is -0.464. The van der Waals surface area contributed by atoms with Gasteiger partial charge in [0, 0.05) is 11.8 Å². The Kier molecular flexibility index (Phi) is 2.05. The molecule has 0 fully saturated rings. The van der Waals surface area contributed by atoms with Crippen LogP contribution in [0.15, 0.2) is 42.6 Å². The molecule has 0 aliphatic heterocycles. The van der Waals surface area contributed by atoms with E-state index in [1.807, 2.05) is 30.3 Å². The lowest BCUT2D eigenvalue weighted by atomic mass is 9.94. The van der Waals surface area contributed by atoms with Crippen LogP contribution in [-0.2, 0) is 4.79 Å². The second-order valence-electron chi connectivity index (χ2n) is 3.88. The minimum Gasteiger partial charge on any atom is -0.360 e. The summed E-state index contributed by atoms with van der Waals surface area (Å²) in [5, 5.41) is 0. The van der Waals surface area contributed by atoms with Crippen molar-refractivity contribution in [3.8, 4) is 11.1 Å². The molecule has 0 bridgehead atoms. The number of nitrogens with one attached hydrogen (secondary N) is 1. The van der Waals surface area contributed by atoms with E-state index < -0.39 is 11.6 Å². The molecule has 0 amide bonds. The summed E-state index contributed by atoms with van der Waals surface area (Å²) in [6.45, 7) is 0. The molecule has 1 aliphatic carbocycles. The summed E-state index contributed by atoms with van der Waals surface area (Å²) in [6.07, 6.45) is 4.71. The van der Waals surface area contributed by atoms with Crippen LogP contribution in [-0.4, -0.2) is 16.6 Å². The lowest BCUT2D eigenvalue weighted by Crippen LogP contribution is -2.15. The van der Waals surface area contributed by atoms with E-state index in [2.05, 4.69) is 4.98 Å². The highest BCUT2D eigenvalue weighted by Gasteiger charge is 2.25. The summed E-state index contributed by atoms with van der Waals surface area (Å²) in [7, 11) is 0. The molecule has 1 aromatic carbocycles. The molecule has 1 heterocycles. The Morgan fingerprint density at radius 3 is 2.47 bits per heavy atom. The molecule has 3 rings (SSSR count). The number of benzene rings is 1. The van der Waals surface area contributed by atoms with Crippen LogP contribution in [0.1, 0.15) is 16.1 Å². The van der Waals surface area contributed by atoms with Gasteiger partial charge in [-0.3, -0.25) is 9.59 Å². The molecular weight excluding hydrogens is 214 g/mol. The first-order valence-corrected chi connectivity index (χ1v) is 5.31. The minimum absolute atomic E-state index is 0.442. The molecule has 3 nitrogen and oxygen atoms in total. The third-order valence-electron chi connectivity index (χ3n) is 2.85. The average Bonchev–Trinajstić information content (AvgIpc) is 2.79. The molecule has 0 spiro atoms. The molecule has 0 saturated carbocycles. The van der Waals surface area contributed by atoms with Crippen LogP contribution in [0, 0.1) is 0 Å². The van der Waals surface area contributed by atoms with Crippen molar-refractivity contribution < 1.29 is 9.59 Å². The Hall–Kier alpha value is -2.42. The van der Waals surface area contributed by atoms with E-state index in [-0.39, 0.29) is 0 Å². The van der Waals surface area contributed by atoms with Crippen molar-refractivity contribution in [1.29, 1.82) is 0 Å². The van der Waals surface area contributed by atoms with E-state index in [4.69, 9.17) is 0 Å². The zero-order valence-corrected chi connectivity index (χ0v) is 8.94. The van der Waals surface area contributed by atoms with Crippen LogP contribution in [0.25, 0.3) is 17.2 Å². The van der Waals surface area contributed by atoms with Gasteiger partial charge in [-0.15, -0.1) is 0 Å². The monoisotopic (exact) mass is 223 g/mol. The maximum absolute atomic E-state index is 11.9. The topological polar surface area (TPSA) is 49.9 Å². The Balaban J connectivity index is 2.23. The number of rotatable bonds is 1. The Bertz CT molecular complexity index is 635. The van der Waals surface area contributed by atoms with E-state index in [0.717, 1.165) is 11.1 Å². The lowest BCUT2D eigenvalue weighted by Gasteiger charge is -2.06. The number of aromatic amines is 1. The van der Waals surface area contributed by atoms with Crippen molar-refractivity contribution in [1.82, 2.24) is 4.98 Å². The lowest BCUT2D eigenvalue weighted by molar-refractivity contribution is -0.110. The highest BCUT2D eigenvalue weighted by atomic mass is 16.2. The zero-order valence-electron chi connectivity index (χ0n) is 8.94. The smallest absolute Gasteiger partial charge is 0.235 e. The fourth-order valence-corrected chi connectivity index (χ4v) is 2.02. The number of fused-ring (bicyclic) bond motifs is 1. The van der Waals surface area contributed by atoms with Gasteiger partial charge in [-0.1, -0.05) is 30.3 Å². The Morgan fingerprint density at radius 1 is 0.941 bits per heavy atom. The number of ketones is 2. The predicted molar refractivity (Wildman–Crippen MR) is 64.6 cm³/mol. The molecule has 0 saturated heterocycles. The fraction of sp³-hybridized carbons (Fsp3) is 0. The third-order valence-corrected chi connectivity index (χ3v) is 2.85. The molecule has 3 heteroatoms. The summed E-state index contributed by atoms with van der Waals surface area (Å²) in [4.78, 5) is 26.3. The van der Waals surface area contributed by atoms with Crippen LogP contribution in [0.5, 0.6) is 0 Å². The molecule has 1 N–H and O–H groups in total. The summed E-state index contributed by atoms with van der Waals surface area (Å²) in [5.41, 5.74) is 2.89. The van der Waals surface area contributed by atoms with Crippen molar-refractivity contribution in [3.05, 3.63) is 53.9 Å². The second kappa shape index (κ2) is 3.56. The van der Waals surface area contributed by atoms with Crippen molar-refractivity contribution in [2.75, 3.05) is 0 Å². The molecule has 0 atom stereocenters. The molecule has 0 unspecified atom stereocenters. The van der Waals surface area contributed by atoms with Gasteiger partial charge in [0.25, 0.3) is 0 Å². The molecule has 0 radical (unpaired) electrons. The van der Waals surface area contributed by atoms with Gasteiger partial charge in [-0.2, -0.15) is 0 Å². The third kappa shape index (κ3) is 1.44. The van der Waals surface area contributed by atoms with Crippen molar-refractivity contribution >= 4 is 17.6 Å². The number of hydrogen-bond donors (Lipinski definition) is 1. The number of carbonyl (C=O) groups is 2. The van der Waals surface area contributed by atoms with E-state index in [1.54, 1.807) is 12.3 Å². The first-order valence-electron chi connectivity index (χ1n) is 5.31. The molecule has 1 aromatic heterocycles. The van der Waals surface area contributed by atoms with Crippen LogP contribution >= 0.6 is 0 Å². The standard InChI is InChI=1S/C14H9NO2/c16-12-7-6-11-13(14(12)17)10(8-15-11)9-4-2-1-3-5-9/h1-8,15H. The molecule has 1 aliphatic rings. The number of aromatic nitrogens is 1. The summed E-state index contributed by atoms with van der Waals surface area (Å²) < 4.78 is 0. The normalized spacial score (nSPS) is 13.9. The summed E-state index contributed by atoms with van der Waals surface area (Å²) in [5.74, 6) is -0.906. The van der Waals surface area contributed by atoms with Crippen molar-refractivity contribution in [2.24, 2.45) is 0 Å². The maximum atomic E-state index is 11.9. The van der Waals surface area contributed by atoms with Gasteiger partial charge in [0.15, 0.2) is 0 Å². The Morgan fingerprint density at radius 2 is 1.71 bits per heavy atom. The highest BCUT2D eigenvalue weighted by molar-refractivity contribution is 6.50. The van der Waals surface area contributed by atoms with Gasteiger partial charge < -0.3 is 4.98 Å². The predicted octanol–water partition coefficient (Wildman–Crippen LogP) is 2.46. The van der Waals surface area contributed by atoms with E-state index in [1.165, 1.54) is 6.08 Å². The number of Topliss-reactive ketones (excluding diaryl/α,β-unsaturated/α-hetero) is 1. The number of hydrogen-bond acceptors (Lipinski definition) is 2. The van der Waals surface area contributed by atoms with Gasteiger partial charge in [0.05, 0.1) is 11.3 Å². The van der Waals surface area contributed by atoms with Gasteiger partial charge >= 0.3 is 0 Å². The maximum Gasteiger partial charge on any atom is 0.235 e. The second-order valence-corrected chi connectivity index (χ2v) is 3.88. The molecule has 17 heavy (non-hydrogen) atoms. The number of allylic oxidation sites excluding steroid dienone is 1. The fourth-order valence-electron chi connectivity index (χ4n) is 2.02. The van der Waals surface area contributed by atoms with E-state index in [0.29, 0.717) is 11.3 Å². The zero-order chi connectivity index (χ0) is 11.8. The molecular formula is C14H9NO2. The summed E-state index contributed by atoms with van der Waals surface area (Å²) >= 11 is 0. The quantitative estimate of drug-likeness (QED) is 0.755. The van der Waals surface area contributed by atoms with Crippen molar-refractivity contribution in [2.45, 2.75) is 0 Å². The highest BCUT2D eigenvalue weighted by Crippen LogP contribution is 2.29. The number of carbonyl (C=O) groups excluding carboxylic acids is 2. The first kappa shape index (κ1) is 9.78. The van der Waals surface area contributed by atoms with Gasteiger partial charge in [-0.25, -0.2) is 0 Å². The van der Waals surface area contributed by atoms with Crippen LogP contribution in [0.3, 0.4) is 0 Å². The Labute approximate surface area is 97.8 Å².